The van der Waals surface area contributed by atoms with E-state index >= 15 is 0 Å². The topological polar surface area (TPSA) is 74.8 Å². The first-order chi connectivity index (χ1) is 8.56. The number of hydrogen-bond donors (Lipinski definition) is 2. The lowest BCUT2D eigenvalue weighted by Crippen LogP contribution is -2.18. The molecule has 0 aliphatic rings. The monoisotopic (exact) mass is 263 g/mol. The number of rotatable bonds is 2. The predicted molar refractivity (Wildman–Crippen MR) is 69.0 cm³/mol. The van der Waals surface area contributed by atoms with Crippen LogP contribution in [0.2, 0.25) is 5.15 Å². The van der Waals surface area contributed by atoms with Crippen LogP contribution in [0.4, 0.5) is 5.69 Å². The Hall–Kier alpha value is -2.14. The lowest BCUT2D eigenvalue weighted by atomic mass is 10.3. The number of nitrogens with one attached hydrogen (secondary N) is 2. The van der Waals surface area contributed by atoms with E-state index in [0.29, 0.717) is 5.69 Å². The fraction of sp³-hybridized carbons (Fsp3) is 0.0833. The van der Waals surface area contributed by atoms with Gasteiger partial charge in [-0.25, -0.2) is 4.98 Å². The van der Waals surface area contributed by atoms with Crippen LogP contribution in [0.1, 0.15) is 16.1 Å². The van der Waals surface area contributed by atoms with E-state index < -0.39 is 5.91 Å². The van der Waals surface area contributed by atoms with Gasteiger partial charge in [0.1, 0.15) is 5.69 Å². The fourth-order valence-corrected chi connectivity index (χ4v) is 1.56. The highest BCUT2D eigenvalue weighted by Gasteiger charge is 2.09. The van der Waals surface area contributed by atoms with Gasteiger partial charge >= 0.3 is 0 Å². The zero-order valence-electron chi connectivity index (χ0n) is 9.53. The second-order valence-electron chi connectivity index (χ2n) is 3.73. The molecule has 0 aliphatic heterocycles. The zero-order chi connectivity index (χ0) is 13.1. The molecule has 0 saturated heterocycles. The number of nitrogens with zero attached hydrogens (tertiary/aromatic N) is 1. The smallest absolute Gasteiger partial charge is 0.272 e. The molecule has 0 spiro atoms. The number of halogens is 1. The summed E-state index contributed by atoms with van der Waals surface area (Å²) >= 11 is 5.86. The molecule has 0 aliphatic carbocycles. The quantitative estimate of drug-likeness (QED) is 0.814. The molecule has 6 heteroatoms. The molecular weight excluding hydrogens is 254 g/mol. The first-order valence-corrected chi connectivity index (χ1v) is 5.57. The summed E-state index contributed by atoms with van der Waals surface area (Å²) in [4.78, 5) is 29.3. The molecule has 2 N–H and O–H groups in total. The number of hydrogen-bond acceptors (Lipinski definition) is 3. The highest BCUT2D eigenvalue weighted by Crippen LogP contribution is 2.20. The van der Waals surface area contributed by atoms with Crippen LogP contribution in [-0.4, -0.2) is 15.9 Å². The molecule has 5 nitrogen and oxygen atoms in total. The molecule has 2 rings (SSSR count). The number of aryl methyl sites for hydroxylation is 1. The van der Waals surface area contributed by atoms with Crippen molar-refractivity contribution in [2.24, 2.45) is 0 Å². The van der Waals surface area contributed by atoms with Crippen LogP contribution in [0, 0.1) is 6.92 Å². The van der Waals surface area contributed by atoms with Crippen molar-refractivity contribution in [1.29, 1.82) is 0 Å². The van der Waals surface area contributed by atoms with Crippen molar-refractivity contribution in [3.8, 4) is 0 Å². The summed E-state index contributed by atoms with van der Waals surface area (Å²) in [5, 5.41) is 2.79. The van der Waals surface area contributed by atoms with Crippen molar-refractivity contribution in [2.45, 2.75) is 6.92 Å². The van der Waals surface area contributed by atoms with Gasteiger partial charge in [-0.3, -0.25) is 9.59 Å². The third-order valence-electron chi connectivity index (χ3n) is 2.24. The second kappa shape index (κ2) is 5.01. The van der Waals surface area contributed by atoms with Crippen molar-refractivity contribution < 1.29 is 4.79 Å². The maximum absolute atomic E-state index is 11.9. The Morgan fingerprint density at radius 2 is 2.22 bits per heavy atom. The van der Waals surface area contributed by atoms with Gasteiger partial charge < -0.3 is 10.3 Å². The summed E-state index contributed by atoms with van der Waals surface area (Å²) in [5.41, 5.74) is 1.11. The Morgan fingerprint density at radius 1 is 1.44 bits per heavy atom. The summed E-state index contributed by atoms with van der Waals surface area (Å²) < 4.78 is 0. The predicted octanol–water partition coefficient (Wildman–Crippen LogP) is 1.98. The van der Waals surface area contributed by atoms with Gasteiger partial charge in [-0.05, 0) is 24.6 Å². The number of H-pyrrole nitrogens is 1. The SMILES string of the molecule is Cc1cnc(Cl)c(NC(=O)c2cccc(=O)[nH]2)c1. The molecule has 92 valence electrons. The number of aromatic nitrogens is 2. The minimum Gasteiger partial charge on any atom is -0.318 e. The summed E-state index contributed by atoms with van der Waals surface area (Å²) in [6.07, 6.45) is 1.60. The van der Waals surface area contributed by atoms with Gasteiger partial charge in [-0.15, -0.1) is 0 Å². The van der Waals surface area contributed by atoms with Crippen molar-refractivity contribution in [3.63, 3.8) is 0 Å². The number of pyridine rings is 2. The summed E-state index contributed by atoms with van der Waals surface area (Å²) in [6, 6.07) is 6.05. The Kier molecular flexibility index (Phi) is 3.43. The minimum absolute atomic E-state index is 0.167. The summed E-state index contributed by atoms with van der Waals surface area (Å²) in [7, 11) is 0. The molecule has 0 radical (unpaired) electrons. The van der Waals surface area contributed by atoms with Gasteiger partial charge in [0.05, 0.1) is 5.69 Å². The largest absolute Gasteiger partial charge is 0.318 e. The lowest BCUT2D eigenvalue weighted by molar-refractivity contribution is 0.102. The molecule has 0 bridgehead atoms. The third kappa shape index (κ3) is 2.75. The van der Waals surface area contributed by atoms with E-state index in [1.165, 1.54) is 18.2 Å². The molecule has 1 amide bonds. The van der Waals surface area contributed by atoms with Crippen LogP contribution in [0.15, 0.2) is 35.3 Å². The minimum atomic E-state index is -0.443. The highest BCUT2D eigenvalue weighted by atomic mass is 35.5. The van der Waals surface area contributed by atoms with E-state index in [-0.39, 0.29) is 16.4 Å². The lowest BCUT2D eigenvalue weighted by Gasteiger charge is -2.07. The molecule has 0 atom stereocenters. The molecule has 2 aromatic rings. The molecule has 2 aromatic heterocycles. The van der Waals surface area contributed by atoms with Crippen LogP contribution in [-0.2, 0) is 0 Å². The Bertz CT molecular complexity index is 652. The maximum Gasteiger partial charge on any atom is 0.272 e. The van der Waals surface area contributed by atoms with Gasteiger partial charge in [0.15, 0.2) is 5.15 Å². The van der Waals surface area contributed by atoms with Crippen LogP contribution >= 0.6 is 11.6 Å². The Morgan fingerprint density at radius 3 is 2.94 bits per heavy atom. The number of aromatic amines is 1. The average molecular weight is 264 g/mol. The van der Waals surface area contributed by atoms with E-state index in [9.17, 15) is 9.59 Å². The van der Waals surface area contributed by atoms with Crippen molar-refractivity contribution in [3.05, 3.63) is 57.2 Å². The van der Waals surface area contributed by atoms with Crippen LogP contribution < -0.4 is 10.9 Å². The Labute approximate surface area is 108 Å². The van der Waals surface area contributed by atoms with Crippen LogP contribution in [0.3, 0.4) is 0 Å². The molecule has 0 saturated carbocycles. The first kappa shape index (κ1) is 12.3. The normalized spacial score (nSPS) is 10.1. The number of carbonyl (C=O) groups is 1. The van der Waals surface area contributed by atoms with Gasteiger partial charge in [0, 0.05) is 12.3 Å². The molecule has 0 fully saturated rings. The molecule has 2 heterocycles. The van der Waals surface area contributed by atoms with E-state index in [1.807, 2.05) is 6.92 Å². The van der Waals surface area contributed by atoms with Crippen LogP contribution in [0.5, 0.6) is 0 Å². The molecule has 18 heavy (non-hydrogen) atoms. The van der Waals surface area contributed by atoms with Gasteiger partial charge in [-0.1, -0.05) is 17.7 Å². The van der Waals surface area contributed by atoms with Gasteiger partial charge in [-0.2, -0.15) is 0 Å². The van der Waals surface area contributed by atoms with E-state index in [1.54, 1.807) is 12.3 Å². The molecule has 0 unspecified atom stereocenters. The van der Waals surface area contributed by atoms with Crippen molar-refractivity contribution in [2.75, 3.05) is 5.32 Å². The first-order valence-electron chi connectivity index (χ1n) is 5.19. The second-order valence-corrected chi connectivity index (χ2v) is 4.09. The van der Waals surface area contributed by atoms with E-state index in [4.69, 9.17) is 11.6 Å². The van der Waals surface area contributed by atoms with Crippen LogP contribution in [0.25, 0.3) is 0 Å². The number of carbonyl (C=O) groups excluding carboxylic acids is 1. The number of anilines is 1. The fourth-order valence-electron chi connectivity index (χ4n) is 1.41. The Balaban J connectivity index is 2.26. The van der Waals surface area contributed by atoms with E-state index in [2.05, 4.69) is 15.3 Å². The van der Waals surface area contributed by atoms with Gasteiger partial charge in [0.25, 0.3) is 5.91 Å². The molecular formula is C12H10ClN3O2. The third-order valence-corrected chi connectivity index (χ3v) is 2.54. The average Bonchev–Trinajstić information content (AvgIpc) is 2.34. The van der Waals surface area contributed by atoms with E-state index in [0.717, 1.165) is 5.56 Å². The highest BCUT2D eigenvalue weighted by molar-refractivity contribution is 6.32. The molecule has 0 aromatic carbocycles. The van der Waals surface area contributed by atoms with Crippen molar-refractivity contribution >= 4 is 23.2 Å². The van der Waals surface area contributed by atoms with Crippen molar-refractivity contribution in [1.82, 2.24) is 9.97 Å². The maximum atomic E-state index is 11.9. The summed E-state index contributed by atoms with van der Waals surface area (Å²) in [5.74, 6) is -0.443. The zero-order valence-corrected chi connectivity index (χ0v) is 10.3. The summed E-state index contributed by atoms with van der Waals surface area (Å²) in [6.45, 7) is 1.84. The standard InChI is InChI=1S/C12H10ClN3O2/c1-7-5-9(11(13)14-6-7)16-12(18)8-3-2-4-10(17)15-8/h2-6H,1H3,(H,15,17)(H,16,18). The van der Waals surface area contributed by atoms with Gasteiger partial charge in [0.2, 0.25) is 5.56 Å². The number of amides is 1.